The standard InChI is InChI=1S/C26H26F4N4O2/c1-15-12-34(14-31-15)20-6-5-17(11-21(20)35-3)26(2)7-4-8-33-13-22(36-32-25(33)24(26)30)16-9-18(27)23(29)19(28)10-16/h5-6,9-12,14,22,24H,4,7-8,13H2,1-3H3. The molecule has 0 bridgehead atoms. The van der Waals surface area contributed by atoms with Gasteiger partial charge in [0.15, 0.2) is 35.6 Å². The van der Waals surface area contributed by atoms with Gasteiger partial charge in [-0.05, 0) is 49.6 Å². The molecule has 10 heteroatoms. The largest absolute Gasteiger partial charge is 0.495 e. The Bertz CT molecular complexity index is 1300. The maximum atomic E-state index is 16.2. The van der Waals surface area contributed by atoms with Crippen molar-refractivity contribution in [3.63, 3.8) is 0 Å². The first-order valence-electron chi connectivity index (χ1n) is 11.7. The Kier molecular flexibility index (Phi) is 6.13. The van der Waals surface area contributed by atoms with Crippen molar-refractivity contribution in [2.24, 2.45) is 5.16 Å². The van der Waals surface area contributed by atoms with Crippen molar-refractivity contribution in [3.8, 4) is 11.4 Å². The second-order valence-corrected chi connectivity index (χ2v) is 9.48. The van der Waals surface area contributed by atoms with Gasteiger partial charge >= 0.3 is 0 Å². The molecule has 5 rings (SSSR count). The van der Waals surface area contributed by atoms with Gasteiger partial charge in [-0.15, -0.1) is 0 Å². The zero-order valence-electron chi connectivity index (χ0n) is 20.1. The highest BCUT2D eigenvalue weighted by Gasteiger charge is 2.46. The summed E-state index contributed by atoms with van der Waals surface area (Å²) in [6.07, 6.45) is 2.39. The summed E-state index contributed by atoms with van der Waals surface area (Å²) >= 11 is 0. The summed E-state index contributed by atoms with van der Waals surface area (Å²) in [6, 6.07) is 7.36. The van der Waals surface area contributed by atoms with E-state index in [0.29, 0.717) is 25.1 Å². The van der Waals surface area contributed by atoms with Gasteiger partial charge in [-0.1, -0.05) is 18.1 Å². The van der Waals surface area contributed by atoms with Crippen LogP contribution < -0.4 is 4.74 Å². The van der Waals surface area contributed by atoms with E-state index in [0.717, 1.165) is 29.1 Å². The molecule has 0 aliphatic carbocycles. The molecule has 1 saturated heterocycles. The van der Waals surface area contributed by atoms with Crippen LogP contribution in [0.25, 0.3) is 5.69 Å². The van der Waals surface area contributed by atoms with Gasteiger partial charge in [0.25, 0.3) is 0 Å². The van der Waals surface area contributed by atoms with Crippen LogP contribution in [0.1, 0.15) is 42.7 Å². The number of hydrogen-bond acceptors (Lipinski definition) is 5. The smallest absolute Gasteiger partial charge is 0.194 e. The maximum Gasteiger partial charge on any atom is 0.194 e. The summed E-state index contributed by atoms with van der Waals surface area (Å²) in [5.74, 6) is -3.45. The van der Waals surface area contributed by atoms with Crippen LogP contribution in [-0.4, -0.2) is 46.7 Å². The Hall–Kier alpha value is -3.56. The number of aryl methyl sites for hydroxylation is 1. The highest BCUT2D eigenvalue weighted by Crippen LogP contribution is 2.42. The Balaban J connectivity index is 1.45. The maximum absolute atomic E-state index is 16.2. The van der Waals surface area contributed by atoms with Crippen molar-refractivity contribution in [2.45, 2.75) is 44.4 Å². The molecule has 3 unspecified atom stereocenters. The molecule has 3 heterocycles. The lowest BCUT2D eigenvalue weighted by molar-refractivity contribution is 0.0151. The SMILES string of the molecule is COc1cc(C2(C)CCCN3CC(c4cc(F)c(F)c(F)c4)ON=C3C2F)ccc1-n1cnc(C)c1. The average Bonchev–Trinajstić information content (AvgIpc) is 3.26. The number of aromatic nitrogens is 2. The lowest BCUT2D eigenvalue weighted by atomic mass is 9.74. The van der Waals surface area contributed by atoms with E-state index in [1.807, 2.05) is 42.8 Å². The highest BCUT2D eigenvalue weighted by molar-refractivity contribution is 5.88. The number of alkyl halides is 1. The molecule has 6 nitrogen and oxygen atoms in total. The predicted octanol–water partition coefficient (Wildman–Crippen LogP) is 5.38. The first-order valence-corrected chi connectivity index (χ1v) is 11.7. The van der Waals surface area contributed by atoms with Gasteiger partial charge in [0, 0.05) is 23.7 Å². The minimum atomic E-state index is -1.54. The van der Waals surface area contributed by atoms with E-state index in [-0.39, 0.29) is 17.9 Å². The van der Waals surface area contributed by atoms with Gasteiger partial charge in [-0.25, -0.2) is 22.5 Å². The van der Waals surface area contributed by atoms with Gasteiger partial charge in [0.1, 0.15) is 5.75 Å². The number of hydrogen-bond donors (Lipinski definition) is 0. The zero-order valence-corrected chi connectivity index (χ0v) is 20.1. The molecular formula is C26H26F4N4O2. The summed E-state index contributed by atoms with van der Waals surface area (Å²) < 4.78 is 64.6. The molecule has 36 heavy (non-hydrogen) atoms. The zero-order chi connectivity index (χ0) is 25.6. The Morgan fingerprint density at radius 3 is 2.56 bits per heavy atom. The Morgan fingerprint density at radius 1 is 1.14 bits per heavy atom. The first kappa shape index (κ1) is 24.1. The molecule has 1 fully saturated rings. The van der Waals surface area contributed by atoms with Crippen molar-refractivity contribution in [3.05, 3.63) is 77.1 Å². The third kappa shape index (κ3) is 4.08. The molecule has 0 spiro atoms. The molecule has 2 aliphatic heterocycles. The number of oxime groups is 1. The van der Waals surface area contributed by atoms with Gasteiger partial charge in [0.2, 0.25) is 0 Å². The molecule has 0 radical (unpaired) electrons. The van der Waals surface area contributed by atoms with E-state index in [9.17, 15) is 13.2 Å². The van der Waals surface area contributed by atoms with Gasteiger partial charge in [0.05, 0.1) is 31.4 Å². The molecule has 190 valence electrons. The van der Waals surface area contributed by atoms with Crippen molar-refractivity contribution in [1.82, 2.24) is 14.5 Å². The molecule has 2 aliphatic rings. The van der Waals surface area contributed by atoms with Gasteiger partial charge in [-0.3, -0.25) is 0 Å². The topological polar surface area (TPSA) is 51.9 Å². The number of nitrogens with zero attached hydrogens (tertiary/aromatic N) is 4. The van der Waals surface area contributed by atoms with Crippen LogP contribution in [0.4, 0.5) is 17.6 Å². The lowest BCUT2D eigenvalue weighted by Crippen LogP contribution is -2.48. The average molecular weight is 503 g/mol. The minimum Gasteiger partial charge on any atom is -0.495 e. The van der Waals surface area contributed by atoms with Crippen LogP contribution in [0.3, 0.4) is 0 Å². The van der Waals surface area contributed by atoms with Crippen LogP contribution in [0.15, 0.2) is 48.0 Å². The number of ether oxygens (including phenoxy) is 1. The molecule has 3 atom stereocenters. The van der Waals surface area contributed by atoms with E-state index >= 15 is 4.39 Å². The number of halogens is 4. The normalized spacial score (nSPS) is 24.0. The number of imidazole rings is 1. The second-order valence-electron chi connectivity index (χ2n) is 9.48. The van der Waals surface area contributed by atoms with Crippen LogP contribution >= 0.6 is 0 Å². The number of fused-ring (bicyclic) bond motifs is 1. The first-order chi connectivity index (χ1) is 17.2. The molecule has 2 aromatic carbocycles. The summed E-state index contributed by atoms with van der Waals surface area (Å²) in [4.78, 5) is 11.5. The van der Waals surface area contributed by atoms with Gasteiger partial charge < -0.3 is 19.0 Å². The Morgan fingerprint density at radius 2 is 1.89 bits per heavy atom. The predicted molar refractivity (Wildman–Crippen MR) is 125 cm³/mol. The van der Waals surface area contributed by atoms with E-state index in [1.54, 1.807) is 18.3 Å². The fourth-order valence-corrected chi connectivity index (χ4v) is 4.98. The van der Waals surface area contributed by atoms with E-state index in [2.05, 4.69) is 10.1 Å². The van der Waals surface area contributed by atoms with Crippen LogP contribution in [-0.2, 0) is 10.3 Å². The highest BCUT2D eigenvalue weighted by atomic mass is 19.2. The number of methoxy groups -OCH3 is 1. The van der Waals surface area contributed by atoms with Crippen molar-refractivity contribution < 1.29 is 27.1 Å². The number of rotatable bonds is 4. The summed E-state index contributed by atoms with van der Waals surface area (Å²) in [5.41, 5.74) is 1.58. The summed E-state index contributed by atoms with van der Waals surface area (Å²) in [7, 11) is 1.57. The third-order valence-corrected chi connectivity index (χ3v) is 7.10. The third-order valence-electron chi connectivity index (χ3n) is 7.10. The van der Waals surface area contributed by atoms with E-state index in [4.69, 9.17) is 9.57 Å². The van der Waals surface area contributed by atoms with E-state index < -0.39 is 35.1 Å². The van der Waals surface area contributed by atoms with Crippen LogP contribution in [0.2, 0.25) is 0 Å². The quantitative estimate of drug-likeness (QED) is 0.355. The van der Waals surface area contributed by atoms with Crippen LogP contribution in [0.5, 0.6) is 5.75 Å². The molecular weight excluding hydrogens is 476 g/mol. The minimum absolute atomic E-state index is 0.103. The Labute approximate surface area is 206 Å². The van der Waals surface area contributed by atoms with Crippen molar-refractivity contribution in [2.75, 3.05) is 20.2 Å². The number of benzene rings is 2. The summed E-state index contributed by atoms with van der Waals surface area (Å²) in [5, 5.41) is 4.05. The van der Waals surface area contributed by atoms with Crippen LogP contribution in [0, 0.1) is 24.4 Å². The monoisotopic (exact) mass is 502 g/mol. The molecule has 0 saturated carbocycles. The fraction of sp³-hybridized carbons (Fsp3) is 0.385. The summed E-state index contributed by atoms with van der Waals surface area (Å²) in [6.45, 7) is 4.37. The van der Waals surface area contributed by atoms with Gasteiger partial charge in [-0.2, -0.15) is 0 Å². The van der Waals surface area contributed by atoms with Crippen molar-refractivity contribution in [1.29, 1.82) is 0 Å². The second kappa shape index (κ2) is 9.15. The fourth-order valence-electron chi connectivity index (χ4n) is 4.98. The molecule has 1 aromatic heterocycles. The number of amidine groups is 1. The molecule has 0 N–H and O–H groups in total. The van der Waals surface area contributed by atoms with E-state index in [1.165, 1.54) is 0 Å². The molecule has 0 amide bonds. The lowest BCUT2D eigenvalue weighted by Gasteiger charge is -2.37. The van der Waals surface area contributed by atoms with Crippen molar-refractivity contribution >= 4 is 5.84 Å². The molecule has 3 aromatic rings.